The molecule has 0 atom stereocenters. The molecule has 0 radical (unpaired) electrons. The second-order valence-electron chi connectivity index (χ2n) is 2.06. The smallest absolute Gasteiger partial charge is 0.150 e. The molecule has 0 amide bonds. The van der Waals surface area contributed by atoms with Crippen molar-refractivity contribution in [3.63, 3.8) is 0 Å². The first kappa shape index (κ1) is 5.35. The van der Waals surface area contributed by atoms with Gasteiger partial charge in [-0.05, 0) is 12.1 Å². The summed E-state index contributed by atoms with van der Waals surface area (Å²) in [5.41, 5.74) is 1.02. The molecule has 1 aliphatic rings. The molecule has 2 rings (SSSR count). The van der Waals surface area contributed by atoms with Crippen molar-refractivity contribution in [3.05, 3.63) is 36.7 Å². The summed E-state index contributed by atoms with van der Waals surface area (Å²) >= 11 is 0. The van der Waals surface area contributed by atoms with Crippen molar-refractivity contribution >= 4 is 5.69 Å². The van der Waals surface area contributed by atoms with Crippen molar-refractivity contribution in [1.29, 1.82) is 0 Å². The molecule has 0 spiro atoms. The summed E-state index contributed by atoms with van der Waals surface area (Å²) in [5, 5.41) is 3.06. The van der Waals surface area contributed by atoms with Crippen molar-refractivity contribution in [2.45, 2.75) is 0 Å². The second kappa shape index (κ2) is 2.06. The van der Waals surface area contributed by atoms with Crippen LogP contribution in [0.2, 0.25) is 0 Å². The van der Waals surface area contributed by atoms with E-state index in [0.29, 0.717) is 0 Å². The fraction of sp³-hybridized carbons (Fsp3) is 0. The van der Waals surface area contributed by atoms with Crippen molar-refractivity contribution in [2.75, 3.05) is 5.32 Å². The Morgan fingerprint density at radius 3 is 3.00 bits per heavy atom. The zero-order chi connectivity index (χ0) is 6.81. The minimum absolute atomic E-state index is 0.880. The molecule has 1 aromatic carbocycles. The largest absolute Gasteiger partial charge is 0.461 e. The summed E-state index contributed by atoms with van der Waals surface area (Å²) in [6.45, 7) is 0. The lowest BCUT2D eigenvalue weighted by Gasteiger charge is -2.11. The van der Waals surface area contributed by atoms with Gasteiger partial charge in [0.15, 0.2) is 0 Å². The van der Waals surface area contributed by atoms with E-state index in [1.54, 1.807) is 12.5 Å². The molecule has 0 bridgehead atoms. The van der Waals surface area contributed by atoms with Crippen LogP contribution in [0, 0.1) is 0 Å². The van der Waals surface area contributed by atoms with Gasteiger partial charge >= 0.3 is 0 Å². The van der Waals surface area contributed by atoms with Crippen molar-refractivity contribution < 1.29 is 4.74 Å². The average molecular weight is 133 g/mol. The number of ether oxygens (including phenoxy) is 1. The molecule has 1 aromatic rings. The van der Waals surface area contributed by atoms with Crippen molar-refractivity contribution in [2.24, 2.45) is 0 Å². The fourth-order valence-corrected chi connectivity index (χ4v) is 0.920. The van der Waals surface area contributed by atoms with Crippen molar-refractivity contribution in [3.8, 4) is 5.75 Å². The van der Waals surface area contributed by atoms with Crippen LogP contribution < -0.4 is 10.1 Å². The van der Waals surface area contributed by atoms with Crippen molar-refractivity contribution in [1.82, 2.24) is 0 Å². The predicted octanol–water partition coefficient (Wildman–Crippen LogP) is 1.96. The van der Waals surface area contributed by atoms with Gasteiger partial charge in [-0.2, -0.15) is 0 Å². The van der Waals surface area contributed by atoms with Gasteiger partial charge in [-0.3, -0.25) is 0 Å². The highest BCUT2D eigenvalue weighted by Crippen LogP contribution is 2.25. The van der Waals surface area contributed by atoms with E-state index in [9.17, 15) is 0 Å². The molecule has 0 saturated carbocycles. The molecule has 10 heavy (non-hydrogen) atoms. The maximum atomic E-state index is 5.18. The zero-order valence-corrected chi connectivity index (χ0v) is 5.37. The lowest BCUT2D eigenvalue weighted by molar-refractivity contribution is 0.477. The first-order valence-electron chi connectivity index (χ1n) is 3.14. The van der Waals surface area contributed by atoms with E-state index < -0.39 is 0 Å². The molecule has 0 aromatic heterocycles. The highest BCUT2D eigenvalue weighted by atomic mass is 16.5. The van der Waals surface area contributed by atoms with Crippen LogP contribution >= 0.6 is 0 Å². The summed E-state index contributed by atoms with van der Waals surface area (Å²) < 4.78 is 5.18. The number of para-hydroxylation sites is 2. The summed E-state index contributed by atoms with van der Waals surface area (Å²) in [4.78, 5) is 0. The summed E-state index contributed by atoms with van der Waals surface area (Å²) in [7, 11) is 0. The number of hydrogen-bond donors (Lipinski definition) is 1. The molecule has 1 N–H and O–H groups in total. The van der Waals surface area contributed by atoms with Gasteiger partial charge in [0, 0.05) is 6.20 Å². The Bertz CT molecular complexity index is 241. The Hall–Kier alpha value is -1.44. The first-order chi connectivity index (χ1) is 4.97. The van der Waals surface area contributed by atoms with E-state index in [-0.39, 0.29) is 0 Å². The Labute approximate surface area is 59.1 Å². The topological polar surface area (TPSA) is 21.3 Å². The molecule has 0 fully saturated rings. The lowest BCUT2D eigenvalue weighted by atomic mass is 10.3. The molecule has 0 unspecified atom stereocenters. The second-order valence-corrected chi connectivity index (χ2v) is 2.06. The Kier molecular flexibility index (Phi) is 1.10. The van der Waals surface area contributed by atoms with Gasteiger partial charge in [-0.1, -0.05) is 12.1 Å². The molecule has 1 aliphatic heterocycles. The highest BCUT2D eigenvalue weighted by Gasteiger charge is 2.01. The molecule has 2 nitrogen and oxygen atoms in total. The molecule has 0 aliphatic carbocycles. The third-order valence-corrected chi connectivity index (χ3v) is 1.39. The monoisotopic (exact) mass is 133 g/mol. The van der Waals surface area contributed by atoms with Crippen LogP contribution in [0.5, 0.6) is 5.75 Å². The molecule has 2 heteroatoms. The van der Waals surface area contributed by atoms with Crippen LogP contribution in [0.3, 0.4) is 0 Å². The van der Waals surface area contributed by atoms with Gasteiger partial charge in [0.2, 0.25) is 0 Å². The SMILES string of the molecule is C1=COc2ccccc2N1. The molecule has 50 valence electrons. The number of hydrogen-bond acceptors (Lipinski definition) is 2. The molecule has 1 heterocycles. The van der Waals surface area contributed by atoms with Gasteiger partial charge in [0.05, 0.1) is 5.69 Å². The van der Waals surface area contributed by atoms with Gasteiger partial charge in [0.1, 0.15) is 12.0 Å². The summed E-state index contributed by atoms with van der Waals surface area (Å²) in [5.74, 6) is 0.880. The maximum absolute atomic E-state index is 5.18. The summed E-state index contributed by atoms with van der Waals surface area (Å²) in [6, 6.07) is 7.80. The normalized spacial score (nSPS) is 13.2. The number of nitrogens with one attached hydrogen (secondary N) is 1. The fourth-order valence-electron chi connectivity index (χ4n) is 0.920. The van der Waals surface area contributed by atoms with Gasteiger partial charge in [0.25, 0.3) is 0 Å². The maximum Gasteiger partial charge on any atom is 0.150 e. The molecular formula is C8H7NO. The summed E-state index contributed by atoms with van der Waals surface area (Å²) in [6.07, 6.45) is 3.39. The van der Waals surface area contributed by atoms with Crippen LogP contribution in [0.25, 0.3) is 0 Å². The first-order valence-corrected chi connectivity index (χ1v) is 3.14. The predicted molar refractivity (Wildman–Crippen MR) is 39.8 cm³/mol. The highest BCUT2D eigenvalue weighted by molar-refractivity contribution is 5.59. The van der Waals surface area contributed by atoms with E-state index in [1.807, 2.05) is 24.3 Å². The number of anilines is 1. The van der Waals surface area contributed by atoms with Crippen LogP contribution in [-0.2, 0) is 0 Å². The van der Waals surface area contributed by atoms with E-state index in [0.717, 1.165) is 11.4 Å². The third kappa shape index (κ3) is 0.739. The van der Waals surface area contributed by atoms with Gasteiger partial charge in [-0.25, -0.2) is 0 Å². The number of rotatable bonds is 0. The minimum Gasteiger partial charge on any atom is -0.461 e. The average Bonchev–Trinajstić information content (AvgIpc) is 2.05. The molecular weight excluding hydrogens is 126 g/mol. The Balaban J connectivity index is 2.47. The quantitative estimate of drug-likeness (QED) is 0.584. The van der Waals surface area contributed by atoms with E-state index in [2.05, 4.69) is 5.32 Å². The van der Waals surface area contributed by atoms with Gasteiger partial charge < -0.3 is 10.1 Å². The van der Waals surface area contributed by atoms with Crippen LogP contribution in [0.1, 0.15) is 0 Å². The number of fused-ring (bicyclic) bond motifs is 1. The van der Waals surface area contributed by atoms with E-state index in [1.165, 1.54) is 0 Å². The van der Waals surface area contributed by atoms with E-state index in [4.69, 9.17) is 4.74 Å². The standard InChI is InChI=1S/C8H7NO/c1-2-4-8-7(3-1)9-5-6-10-8/h1-6,9H. The third-order valence-electron chi connectivity index (χ3n) is 1.39. The van der Waals surface area contributed by atoms with Crippen LogP contribution in [-0.4, -0.2) is 0 Å². The Morgan fingerprint density at radius 2 is 2.10 bits per heavy atom. The number of benzene rings is 1. The van der Waals surface area contributed by atoms with Crippen LogP contribution in [0.15, 0.2) is 36.7 Å². The van der Waals surface area contributed by atoms with Gasteiger partial charge in [-0.15, -0.1) is 0 Å². The van der Waals surface area contributed by atoms with E-state index >= 15 is 0 Å². The Morgan fingerprint density at radius 1 is 1.20 bits per heavy atom. The zero-order valence-electron chi connectivity index (χ0n) is 5.37. The lowest BCUT2D eigenvalue weighted by Crippen LogP contribution is -1.97. The van der Waals surface area contributed by atoms with Crippen LogP contribution in [0.4, 0.5) is 5.69 Å². The molecule has 0 saturated heterocycles. The minimum atomic E-state index is 0.880.